The lowest BCUT2D eigenvalue weighted by molar-refractivity contribution is -0.111. The maximum atomic E-state index is 10.5. The van der Waals surface area contributed by atoms with Crippen LogP contribution >= 0.6 is 11.6 Å². The molecule has 2 nitrogen and oxygen atoms in total. The van der Waals surface area contributed by atoms with Crippen molar-refractivity contribution < 1.29 is 9.53 Å². The minimum absolute atomic E-state index is 0.265. The first-order valence-electron chi connectivity index (χ1n) is 4.53. The van der Waals surface area contributed by atoms with Gasteiger partial charge in [-0.15, -0.1) is 0 Å². The molecule has 0 fully saturated rings. The predicted octanol–water partition coefficient (Wildman–Crippen LogP) is 2.78. The van der Waals surface area contributed by atoms with Crippen molar-refractivity contribution in [1.29, 1.82) is 0 Å². The lowest BCUT2D eigenvalue weighted by Gasteiger charge is -2.02. The molecule has 0 bridgehead atoms. The zero-order valence-electron chi connectivity index (χ0n) is 8.13. The van der Waals surface area contributed by atoms with Crippen molar-refractivity contribution in [3.05, 3.63) is 29.8 Å². The van der Waals surface area contributed by atoms with Crippen LogP contribution in [0.25, 0.3) is 0 Å². The summed E-state index contributed by atoms with van der Waals surface area (Å²) < 4.78 is 5.04. The van der Waals surface area contributed by atoms with Crippen LogP contribution in [0.4, 0.5) is 0 Å². The van der Waals surface area contributed by atoms with Gasteiger partial charge in [0.05, 0.1) is 7.11 Å². The van der Waals surface area contributed by atoms with E-state index < -0.39 is 0 Å². The number of benzene rings is 1. The molecule has 1 rings (SSSR count). The Balaban J connectivity index is 2.40. The minimum Gasteiger partial charge on any atom is -0.497 e. The fraction of sp³-hybridized carbons (Fsp3) is 0.364. The number of aryl methyl sites for hydroxylation is 1. The molecule has 0 N–H and O–H groups in total. The maximum absolute atomic E-state index is 10.5. The maximum Gasteiger partial charge on any atom is 0.221 e. The average Bonchev–Trinajstić information content (AvgIpc) is 2.18. The summed E-state index contributed by atoms with van der Waals surface area (Å²) >= 11 is 5.23. The Morgan fingerprint density at radius 1 is 1.36 bits per heavy atom. The van der Waals surface area contributed by atoms with Gasteiger partial charge in [0.15, 0.2) is 0 Å². The number of hydrogen-bond donors (Lipinski definition) is 0. The van der Waals surface area contributed by atoms with Crippen LogP contribution in [-0.4, -0.2) is 12.4 Å². The highest BCUT2D eigenvalue weighted by Crippen LogP contribution is 2.13. The van der Waals surface area contributed by atoms with Crippen molar-refractivity contribution in [2.75, 3.05) is 7.11 Å². The summed E-state index contributed by atoms with van der Waals surface area (Å²) in [6.45, 7) is 0. The highest BCUT2D eigenvalue weighted by molar-refractivity contribution is 6.63. The first kappa shape index (κ1) is 11.1. The SMILES string of the molecule is COc1ccc(CCCC(=O)Cl)cc1. The zero-order valence-corrected chi connectivity index (χ0v) is 8.88. The second-order valence-electron chi connectivity index (χ2n) is 3.06. The Morgan fingerprint density at radius 2 is 2.00 bits per heavy atom. The van der Waals surface area contributed by atoms with Gasteiger partial charge in [-0.2, -0.15) is 0 Å². The number of rotatable bonds is 5. The van der Waals surface area contributed by atoms with Crippen molar-refractivity contribution in [3.8, 4) is 5.75 Å². The van der Waals surface area contributed by atoms with Gasteiger partial charge in [0.2, 0.25) is 5.24 Å². The predicted molar refractivity (Wildman–Crippen MR) is 56.8 cm³/mol. The Morgan fingerprint density at radius 3 is 2.50 bits per heavy atom. The normalized spacial score (nSPS) is 9.86. The van der Waals surface area contributed by atoms with Gasteiger partial charge < -0.3 is 4.74 Å². The van der Waals surface area contributed by atoms with Crippen LogP contribution in [0, 0.1) is 0 Å². The second-order valence-corrected chi connectivity index (χ2v) is 3.48. The van der Waals surface area contributed by atoms with E-state index in [4.69, 9.17) is 16.3 Å². The topological polar surface area (TPSA) is 26.3 Å². The van der Waals surface area contributed by atoms with Gasteiger partial charge in [-0.3, -0.25) is 4.79 Å². The van der Waals surface area contributed by atoms with Crippen molar-refractivity contribution in [2.45, 2.75) is 19.3 Å². The highest BCUT2D eigenvalue weighted by atomic mass is 35.5. The van der Waals surface area contributed by atoms with Gasteiger partial charge in [-0.05, 0) is 42.1 Å². The Bertz CT molecular complexity index is 293. The molecule has 0 aliphatic carbocycles. The Hall–Kier alpha value is -1.02. The molecule has 0 radical (unpaired) electrons. The van der Waals surface area contributed by atoms with Gasteiger partial charge in [0, 0.05) is 6.42 Å². The quantitative estimate of drug-likeness (QED) is 0.702. The summed E-state index contributed by atoms with van der Waals surface area (Å²) in [7, 11) is 1.64. The lowest BCUT2D eigenvalue weighted by atomic mass is 10.1. The summed E-state index contributed by atoms with van der Waals surface area (Å²) in [5.41, 5.74) is 1.20. The van der Waals surface area contributed by atoms with Crippen LogP contribution in [0.5, 0.6) is 5.75 Å². The van der Waals surface area contributed by atoms with Crippen LogP contribution < -0.4 is 4.74 Å². The van der Waals surface area contributed by atoms with Crippen LogP contribution in [-0.2, 0) is 11.2 Å². The summed E-state index contributed by atoms with van der Waals surface area (Å²) in [5.74, 6) is 0.849. The van der Waals surface area contributed by atoms with Gasteiger partial charge >= 0.3 is 0 Å². The molecule has 3 heteroatoms. The lowest BCUT2D eigenvalue weighted by Crippen LogP contribution is -1.90. The molecule has 1 aromatic rings. The van der Waals surface area contributed by atoms with E-state index >= 15 is 0 Å². The third-order valence-electron chi connectivity index (χ3n) is 2.00. The molecule has 0 aliphatic heterocycles. The summed E-state index contributed by atoms with van der Waals surface area (Å²) in [6.07, 6.45) is 2.12. The van der Waals surface area contributed by atoms with E-state index in [9.17, 15) is 4.79 Å². The summed E-state index contributed by atoms with van der Waals surface area (Å²) in [4.78, 5) is 10.5. The van der Waals surface area contributed by atoms with Gasteiger partial charge in [-0.25, -0.2) is 0 Å². The van der Waals surface area contributed by atoms with E-state index in [0.29, 0.717) is 6.42 Å². The summed E-state index contributed by atoms with van der Waals surface area (Å²) in [6, 6.07) is 7.82. The highest BCUT2D eigenvalue weighted by Gasteiger charge is 1.98. The molecule has 0 spiro atoms. The third kappa shape index (κ3) is 3.79. The van der Waals surface area contributed by atoms with Gasteiger partial charge in [0.1, 0.15) is 5.75 Å². The largest absolute Gasteiger partial charge is 0.497 e. The molecule has 0 atom stereocenters. The van der Waals surface area contributed by atoms with E-state index in [0.717, 1.165) is 18.6 Å². The number of halogens is 1. The van der Waals surface area contributed by atoms with E-state index in [1.807, 2.05) is 24.3 Å². The monoisotopic (exact) mass is 212 g/mol. The fourth-order valence-corrected chi connectivity index (χ4v) is 1.36. The first-order valence-corrected chi connectivity index (χ1v) is 4.91. The number of methoxy groups -OCH3 is 1. The van der Waals surface area contributed by atoms with Crippen molar-refractivity contribution in [1.82, 2.24) is 0 Å². The molecule has 0 saturated heterocycles. The standard InChI is InChI=1S/C11H13ClO2/c1-14-10-7-5-9(6-8-10)3-2-4-11(12)13/h5-8H,2-4H2,1H3. The molecule has 0 amide bonds. The van der Waals surface area contributed by atoms with Crippen LogP contribution in [0.3, 0.4) is 0 Å². The van der Waals surface area contributed by atoms with E-state index in [1.54, 1.807) is 7.11 Å². The number of carbonyl (C=O) groups is 1. The first-order chi connectivity index (χ1) is 6.72. The molecular weight excluding hydrogens is 200 g/mol. The van der Waals surface area contributed by atoms with E-state index in [2.05, 4.69) is 0 Å². The zero-order chi connectivity index (χ0) is 10.4. The molecular formula is C11H13ClO2. The van der Waals surface area contributed by atoms with E-state index in [1.165, 1.54) is 5.56 Å². The average molecular weight is 213 g/mol. The Kier molecular flexibility index (Phi) is 4.47. The smallest absolute Gasteiger partial charge is 0.221 e. The van der Waals surface area contributed by atoms with E-state index in [-0.39, 0.29) is 5.24 Å². The Labute approximate surface area is 88.8 Å². The molecule has 0 aliphatic rings. The molecule has 1 aromatic carbocycles. The molecule has 0 heterocycles. The number of ether oxygens (including phenoxy) is 1. The van der Waals surface area contributed by atoms with Crippen LogP contribution in [0.1, 0.15) is 18.4 Å². The van der Waals surface area contributed by atoms with Crippen molar-refractivity contribution >= 4 is 16.8 Å². The number of hydrogen-bond acceptors (Lipinski definition) is 2. The van der Waals surface area contributed by atoms with Crippen molar-refractivity contribution in [2.24, 2.45) is 0 Å². The van der Waals surface area contributed by atoms with Gasteiger partial charge in [0.25, 0.3) is 0 Å². The fourth-order valence-electron chi connectivity index (χ4n) is 1.22. The molecule has 0 saturated carbocycles. The third-order valence-corrected chi connectivity index (χ3v) is 2.19. The molecule has 0 unspecified atom stereocenters. The minimum atomic E-state index is -0.265. The van der Waals surface area contributed by atoms with Crippen molar-refractivity contribution in [3.63, 3.8) is 0 Å². The van der Waals surface area contributed by atoms with Crippen LogP contribution in [0.15, 0.2) is 24.3 Å². The van der Waals surface area contributed by atoms with Crippen LogP contribution in [0.2, 0.25) is 0 Å². The molecule has 0 aromatic heterocycles. The molecule has 76 valence electrons. The summed E-state index contributed by atoms with van der Waals surface area (Å²) in [5, 5.41) is -0.265. The van der Waals surface area contributed by atoms with Gasteiger partial charge in [-0.1, -0.05) is 12.1 Å². The number of carbonyl (C=O) groups excluding carboxylic acids is 1. The molecule has 14 heavy (non-hydrogen) atoms. The second kappa shape index (κ2) is 5.66.